The van der Waals surface area contributed by atoms with Gasteiger partial charge in [0.15, 0.2) is 17.8 Å². The first-order valence-corrected chi connectivity index (χ1v) is 18.4. The van der Waals surface area contributed by atoms with Gasteiger partial charge in [-0.3, -0.25) is 9.30 Å². The van der Waals surface area contributed by atoms with Gasteiger partial charge in [-0.15, -0.1) is 10.2 Å². The fourth-order valence-electron chi connectivity index (χ4n) is 6.07. The summed E-state index contributed by atoms with van der Waals surface area (Å²) in [5, 5.41) is 13.5. The van der Waals surface area contributed by atoms with Crippen LogP contribution in [0.5, 0.6) is 5.75 Å². The van der Waals surface area contributed by atoms with Gasteiger partial charge in [0.05, 0.1) is 30.1 Å². The van der Waals surface area contributed by atoms with Crippen LogP contribution in [0.3, 0.4) is 0 Å². The minimum Gasteiger partial charge on any atom is -0.491 e. The quantitative estimate of drug-likeness (QED) is 0.125. The monoisotopic (exact) mass is 735 g/mol. The molecule has 1 aliphatic rings. The number of aromatic nitrogens is 5. The van der Waals surface area contributed by atoms with E-state index in [1.54, 1.807) is 27.3 Å². The highest BCUT2D eigenvalue weighted by Gasteiger charge is 2.27. The fraction of sp³-hybridized carbons (Fsp3) is 0.300. The second kappa shape index (κ2) is 15.8. The Hall–Kier alpha value is -5.24. The molecular formula is C40H42FN7O4S. The molecule has 1 saturated heterocycles. The predicted molar refractivity (Wildman–Crippen MR) is 202 cm³/mol. The standard InChI is InChI=1S/C40H42FN7O4S/c1-40(2,3)34-24-36(48(45-34)28-12-10-13-29(23-28)50-21-22-52-37-17-8-9-20-51-37)47(39(42)49)25-27-11-4-7-16-33(27)53-30-18-19-35-43-44-38(46(35)26-30)31-14-5-6-15-32(31)41/h4-7,10-16,18-19,23-24,26,37H,8-9,17,20-22,25H2,1-3H3,(H2,42,49). The van der Waals surface area contributed by atoms with E-state index in [1.165, 1.54) is 22.7 Å². The molecule has 11 nitrogen and oxygen atoms in total. The molecule has 4 heterocycles. The van der Waals surface area contributed by atoms with Crippen molar-refractivity contribution >= 4 is 29.3 Å². The van der Waals surface area contributed by atoms with Crippen molar-refractivity contribution in [1.82, 2.24) is 24.4 Å². The van der Waals surface area contributed by atoms with E-state index in [-0.39, 0.29) is 24.1 Å². The van der Waals surface area contributed by atoms with Gasteiger partial charge in [-0.25, -0.2) is 13.9 Å². The molecule has 2 N–H and O–H groups in total. The van der Waals surface area contributed by atoms with E-state index in [4.69, 9.17) is 25.0 Å². The zero-order valence-corrected chi connectivity index (χ0v) is 30.8. The number of urea groups is 1. The topological polar surface area (TPSA) is 122 Å². The first-order valence-electron chi connectivity index (χ1n) is 17.6. The lowest BCUT2D eigenvalue weighted by Crippen LogP contribution is -2.36. The Morgan fingerprint density at radius 3 is 2.62 bits per heavy atom. The molecule has 6 aromatic rings. The van der Waals surface area contributed by atoms with Crippen LogP contribution in [0.1, 0.15) is 51.3 Å². The largest absolute Gasteiger partial charge is 0.491 e. The highest BCUT2D eigenvalue weighted by molar-refractivity contribution is 7.99. The van der Waals surface area contributed by atoms with Gasteiger partial charge in [-0.2, -0.15) is 5.10 Å². The molecular weight excluding hydrogens is 694 g/mol. The lowest BCUT2D eigenvalue weighted by molar-refractivity contribution is -0.165. The number of halogens is 1. The van der Waals surface area contributed by atoms with Gasteiger partial charge in [0.25, 0.3) is 0 Å². The maximum absolute atomic E-state index is 14.7. The average Bonchev–Trinajstić information content (AvgIpc) is 3.79. The van der Waals surface area contributed by atoms with E-state index in [0.717, 1.165) is 46.9 Å². The van der Waals surface area contributed by atoms with E-state index in [1.807, 2.05) is 72.9 Å². The Morgan fingerprint density at radius 1 is 1.00 bits per heavy atom. The maximum atomic E-state index is 14.7. The van der Waals surface area contributed by atoms with Gasteiger partial charge >= 0.3 is 6.03 Å². The van der Waals surface area contributed by atoms with Crippen LogP contribution in [0.25, 0.3) is 22.7 Å². The van der Waals surface area contributed by atoms with Crippen LogP contribution in [0, 0.1) is 5.82 Å². The van der Waals surface area contributed by atoms with Crippen LogP contribution < -0.4 is 15.4 Å². The number of rotatable bonds is 12. The molecule has 3 aromatic heterocycles. The highest BCUT2D eigenvalue weighted by Crippen LogP contribution is 2.35. The molecule has 0 bridgehead atoms. The molecule has 1 fully saturated rings. The summed E-state index contributed by atoms with van der Waals surface area (Å²) in [5.41, 5.74) is 9.16. The highest BCUT2D eigenvalue weighted by atomic mass is 32.2. The molecule has 1 atom stereocenters. The smallest absolute Gasteiger partial charge is 0.320 e. The summed E-state index contributed by atoms with van der Waals surface area (Å²) in [4.78, 5) is 16.6. The SMILES string of the molecule is CC(C)(C)c1cc(N(Cc2ccccc2Sc2ccc3nnc(-c4ccccc4F)n3c2)C(N)=O)n(-c2cccc(OCCOC3CCCCO3)c2)n1. The van der Waals surface area contributed by atoms with Crippen molar-refractivity contribution in [1.29, 1.82) is 0 Å². The lowest BCUT2D eigenvalue weighted by Gasteiger charge is -2.23. The van der Waals surface area contributed by atoms with Crippen LogP contribution in [-0.2, 0) is 21.4 Å². The molecule has 2 amide bonds. The van der Waals surface area contributed by atoms with Gasteiger partial charge in [0.2, 0.25) is 0 Å². The number of ether oxygens (including phenoxy) is 3. The van der Waals surface area contributed by atoms with Crippen molar-refractivity contribution in [3.8, 4) is 22.8 Å². The van der Waals surface area contributed by atoms with Crippen molar-refractivity contribution in [3.05, 3.63) is 114 Å². The third-order valence-electron chi connectivity index (χ3n) is 8.88. The molecule has 0 aliphatic carbocycles. The minimum atomic E-state index is -0.624. The maximum Gasteiger partial charge on any atom is 0.320 e. The summed E-state index contributed by atoms with van der Waals surface area (Å²) in [6, 6.07) is 27.0. The van der Waals surface area contributed by atoms with E-state index < -0.39 is 6.03 Å². The molecule has 0 saturated carbocycles. The summed E-state index contributed by atoms with van der Waals surface area (Å²) in [6.45, 7) is 7.89. The number of pyridine rings is 1. The third-order valence-corrected chi connectivity index (χ3v) is 9.97. The van der Waals surface area contributed by atoms with Crippen molar-refractivity contribution in [2.45, 2.75) is 68.1 Å². The molecule has 7 rings (SSSR count). The number of benzene rings is 3. The van der Waals surface area contributed by atoms with E-state index in [0.29, 0.717) is 47.5 Å². The summed E-state index contributed by atoms with van der Waals surface area (Å²) in [6.07, 6.45) is 4.77. The van der Waals surface area contributed by atoms with Gasteiger partial charge in [-0.05, 0) is 67.3 Å². The number of hydrogen-bond donors (Lipinski definition) is 1. The normalized spacial score (nSPS) is 14.8. The van der Waals surface area contributed by atoms with Crippen LogP contribution in [0.2, 0.25) is 0 Å². The number of nitrogens with two attached hydrogens (primary N) is 1. The van der Waals surface area contributed by atoms with Crippen LogP contribution in [-0.4, -0.2) is 56.5 Å². The molecule has 13 heteroatoms. The Morgan fingerprint density at radius 2 is 1.83 bits per heavy atom. The summed E-state index contributed by atoms with van der Waals surface area (Å²) >= 11 is 1.51. The molecule has 3 aromatic carbocycles. The van der Waals surface area contributed by atoms with E-state index >= 15 is 0 Å². The predicted octanol–water partition coefficient (Wildman–Crippen LogP) is 8.18. The van der Waals surface area contributed by atoms with Crippen molar-refractivity contribution < 1.29 is 23.4 Å². The van der Waals surface area contributed by atoms with Crippen LogP contribution in [0.15, 0.2) is 107 Å². The number of primary amides is 1. The molecule has 53 heavy (non-hydrogen) atoms. The van der Waals surface area contributed by atoms with Crippen molar-refractivity contribution in [2.24, 2.45) is 5.73 Å². The third kappa shape index (κ3) is 8.38. The first-order chi connectivity index (χ1) is 25.6. The van der Waals surface area contributed by atoms with Crippen molar-refractivity contribution in [2.75, 3.05) is 24.7 Å². The van der Waals surface area contributed by atoms with E-state index in [2.05, 4.69) is 31.0 Å². The van der Waals surface area contributed by atoms with Gasteiger partial charge < -0.3 is 19.9 Å². The Bertz CT molecular complexity index is 2210. The molecule has 0 radical (unpaired) electrons. The Labute approximate surface area is 311 Å². The lowest BCUT2D eigenvalue weighted by atomic mass is 9.92. The number of fused-ring (bicyclic) bond motifs is 1. The Kier molecular flexibility index (Phi) is 10.8. The van der Waals surface area contributed by atoms with E-state index in [9.17, 15) is 9.18 Å². The summed E-state index contributed by atoms with van der Waals surface area (Å²) in [7, 11) is 0. The van der Waals surface area contributed by atoms with Gasteiger partial charge in [0.1, 0.15) is 24.0 Å². The molecule has 274 valence electrons. The van der Waals surface area contributed by atoms with Crippen molar-refractivity contribution in [3.63, 3.8) is 0 Å². The number of hydrogen-bond acceptors (Lipinski definition) is 8. The number of anilines is 1. The molecule has 0 spiro atoms. The summed E-state index contributed by atoms with van der Waals surface area (Å²) < 4.78 is 35.8. The number of carbonyl (C=O) groups is 1. The van der Waals surface area contributed by atoms with Crippen LogP contribution in [0.4, 0.5) is 15.0 Å². The number of carbonyl (C=O) groups excluding carboxylic acids is 1. The van der Waals surface area contributed by atoms with Gasteiger partial charge in [-0.1, -0.05) is 68.9 Å². The molecule has 1 aliphatic heterocycles. The fourth-order valence-corrected chi connectivity index (χ4v) is 7.03. The molecule has 1 unspecified atom stereocenters. The minimum absolute atomic E-state index is 0.180. The first kappa shape index (κ1) is 36.1. The second-order valence-electron chi connectivity index (χ2n) is 13.8. The second-order valence-corrected chi connectivity index (χ2v) is 14.9. The Balaban J connectivity index is 1.15. The average molecular weight is 736 g/mol. The van der Waals surface area contributed by atoms with Gasteiger partial charge in [0, 0.05) is 40.1 Å². The zero-order chi connectivity index (χ0) is 37.0. The number of amides is 2. The summed E-state index contributed by atoms with van der Waals surface area (Å²) in [5.74, 6) is 1.20. The van der Waals surface area contributed by atoms with Crippen LogP contribution >= 0.6 is 11.8 Å². The number of nitrogens with zero attached hydrogens (tertiary/aromatic N) is 6. The zero-order valence-electron chi connectivity index (χ0n) is 29.9.